The SMILES string of the molecule is CC.CC1=[N+](CC(=O)O)c2ccccc2C1(C)C. The minimum Gasteiger partial charge on any atom is -0.477 e. The number of fused-ring (bicyclic) bond motifs is 1. The third-order valence-electron chi connectivity index (χ3n) is 3.47. The van der Waals surface area contributed by atoms with Gasteiger partial charge in [0.2, 0.25) is 12.2 Å². The minimum absolute atomic E-state index is 0.0340. The first-order chi connectivity index (χ1) is 8.44. The third kappa shape index (κ3) is 2.30. The number of rotatable bonds is 2. The van der Waals surface area contributed by atoms with E-state index in [0.717, 1.165) is 11.4 Å². The molecule has 0 amide bonds. The fraction of sp³-hybridized carbons (Fsp3) is 0.467. The number of carboxylic acids is 1. The molecule has 0 fully saturated rings. The van der Waals surface area contributed by atoms with Crippen molar-refractivity contribution >= 4 is 17.4 Å². The Bertz CT molecular complexity index is 487. The van der Waals surface area contributed by atoms with E-state index >= 15 is 0 Å². The van der Waals surface area contributed by atoms with Crippen molar-refractivity contribution in [1.82, 2.24) is 0 Å². The van der Waals surface area contributed by atoms with Crippen LogP contribution in [0.25, 0.3) is 0 Å². The summed E-state index contributed by atoms with van der Waals surface area (Å²) in [6, 6.07) is 8.00. The van der Waals surface area contributed by atoms with E-state index in [-0.39, 0.29) is 12.0 Å². The van der Waals surface area contributed by atoms with Crippen LogP contribution >= 0.6 is 0 Å². The Kier molecular flexibility index (Phi) is 4.28. The number of carboxylic acid groups (broad SMARTS) is 1. The molecular formula is C15H22NO2+. The van der Waals surface area contributed by atoms with Gasteiger partial charge in [-0.05, 0) is 13.8 Å². The summed E-state index contributed by atoms with van der Waals surface area (Å²) in [5.41, 5.74) is 3.24. The molecule has 1 aliphatic heterocycles. The third-order valence-corrected chi connectivity index (χ3v) is 3.47. The molecule has 0 atom stereocenters. The molecule has 1 aliphatic rings. The molecular weight excluding hydrogens is 226 g/mol. The normalized spacial score (nSPS) is 15.8. The number of aliphatic carboxylic acids is 1. The van der Waals surface area contributed by atoms with Crippen LogP contribution in [0.15, 0.2) is 24.3 Å². The largest absolute Gasteiger partial charge is 0.477 e. The van der Waals surface area contributed by atoms with Gasteiger partial charge in [-0.3, -0.25) is 0 Å². The highest BCUT2D eigenvalue weighted by atomic mass is 16.4. The second-order valence-electron chi connectivity index (χ2n) is 4.71. The van der Waals surface area contributed by atoms with Gasteiger partial charge in [-0.15, -0.1) is 0 Å². The van der Waals surface area contributed by atoms with Crippen LogP contribution in [0.4, 0.5) is 5.69 Å². The first-order valence-electron chi connectivity index (χ1n) is 6.37. The molecule has 3 heteroatoms. The summed E-state index contributed by atoms with van der Waals surface area (Å²) in [7, 11) is 0. The lowest BCUT2D eigenvalue weighted by Gasteiger charge is -2.14. The highest BCUT2D eigenvalue weighted by Crippen LogP contribution is 2.38. The van der Waals surface area contributed by atoms with Gasteiger partial charge >= 0.3 is 5.97 Å². The molecule has 1 N–H and O–H groups in total. The van der Waals surface area contributed by atoms with Crippen LogP contribution in [-0.4, -0.2) is 27.9 Å². The Balaban J connectivity index is 0.000000771. The van der Waals surface area contributed by atoms with E-state index in [1.54, 1.807) is 0 Å². The molecule has 3 nitrogen and oxygen atoms in total. The average molecular weight is 248 g/mol. The van der Waals surface area contributed by atoms with Crippen molar-refractivity contribution in [2.75, 3.05) is 6.54 Å². The zero-order chi connectivity index (χ0) is 13.9. The lowest BCUT2D eigenvalue weighted by Crippen LogP contribution is -2.28. The number of hydrogen-bond acceptors (Lipinski definition) is 1. The standard InChI is InChI=1S/C13H15NO2.C2H6/c1-9-13(2,3)10-6-4-5-7-11(10)14(9)8-12(15)16;1-2/h4-7H,8H2,1-3H3;1-2H3/p+1. The molecule has 18 heavy (non-hydrogen) atoms. The van der Waals surface area contributed by atoms with Crippen molar-refractivity contribution in [3.8, 4) is 0 Å². The maximum Gasteiger partial charge on any atom is 0.370 e. The fourth-order valence-electron chi connectivity index (χ4n) is 2.29. The van der Waals surface area contributed by atoms with E-state index in [2.05, 4.69) is 19.9 Å². The topological polar surface area (TPSA) is 40.3 Å². The van der Waals surface area contributed by atoms with Crippen molar-refractivity contribution in [3.63, 3.8) is 0 Å². The van der Waals surface area contributed by atoms with Crippen LogP contribution in [0, 0.1) is 0 Å². The smallest absolute Gasteiger partial charge is 0.370 e. The molecule has 0 saturated heterocycles. The van der Waals surface area contributed by atoms with Crippen molar-refractivity contribution < 1.29 is 14.5 Å². The van der Waals surface area contributed by atoms with Crippen LogP contribution in [0.1, 0.15) is 40.2 Å². The number of benzene rings is 1. The molecule has 1 aromatic rings. The van der Waals surface area contributed by atoms with Crippen LogP contribution in [0.3, 0.4) is 0 Å². The number of nitrogens with zero attached hydrogens (tertiary/aromatic N) is 1. The van der Waals surface area contributed by atoms with E-state index in [0.29, 0.717) is 0 Å². The van der Waals surface area contributed by atoms with Gasteiger partial charge in [0, 0.05) is 18.6 Å². The molecule has 0 aliphatic carbocycles. The summed E-state index contributed by atoms with van der Waals surface area (Å²) >= 11 is 0. The number of carbonyl (C=O) groups is 1. The second-order valence-corrected chi connectivity index (χ2v) is 4.71. The predicted octanol–water partition coefficient (Wildman–Crippen LogP) is 3.19. The lowest BCUT2D eigenvalue weighted by atomic mass is 9.82. The first kappa shape index (κ1) is 14.4. The number of hydrogen-bond donors (Lipinski definition) is 1. The molecule has 1 aromatic carbocycles. The zero-order valence-corrected chi connectivity index (χ0v) is 11.8. The van der Waals surface area contributed by atoms with E-state index in [4.69, 9.17) is 5.11 Å². The monoisotopic (exact) mass is 248 g/mol. The summed E-state index contributed by atoms with van der Waals surface area (Å²) in [5.74, 6) is -0.799. The highest BCUT2D eigenvalue weighted by molar-refractivity contribution is 5.93. The van der Waals surface area contributed by atoms with E-state index in [9.17, 15) is 4.79 Å². The maximum atomic E-state index is 10.9. The van der Waals surface area contributed by atoms with Gasteiger partial charge in [0.25, 0.3) is 0 Å². The summed E-state index contributed by atoms with van der Waals surface area (Å²) in [6.45, 7) is 10.3. The van der Waals surface area contributed by atoms with E-state index in [1.165, 1.54) is 5.56 Å². The minimum atomic E-state index is -0.799. The predicted molar refractivity (Wildman–Crippen MR) is 73.9 cm³/mol. The molecule has 0 bridgehead atoms. The van der Waals surface area contributed by atoms with Gasteiger partial charge in [-0.25, -0.2) is 4.79 Å². The Morgan fingerprint density at radius 3 is 2.39 bits per heavy atom. The van der Waals surface area contributed by atoms with Gasteiger partial charge < -0.3 is 5.11 Å². The Hall–Kier alpha value is -1.64. The van der Waals surface area contributed by atoms with Gasteiger partial charge in [-0.1, -0.05) is 32.0 Å². The molecule has 0 unspecified atom stereocenters. The summed E-state index contributed by atoms with van der Waals surface area (Å²) in [4.78, 5) is 10.9. The van der Waals surface area contributed by atoms with Gasteiger partial charge in [-0.2, -0.15) is 4.58 Å². The van der Waals surface area contributed by atoms with Crippen LogP contribution < -0.4 is 0 Å². The molecule has 0 radical (unpaired) electrons. The Labute approximate surface area is 109 Å². The molecule has 0 spiro atoms. The van der Waals surface area contributed by atoms with E-state index < -0.39 is 5.97 Å². The van der Waals surface area contributed by atoms with Gasteiger partial charge in [0.15, 0.2) is 5.71 Å². The molecule has 2 rings (SSSR count). The summed E-state index contributed by atoms with van der Waals surface area (Å²) in [6.07, 6.45) is 0. The summed E-state index contributed by atoms with van der Waals surface area (Å²) < 4.78 is 1.89. The van der Waals surface area contributed by atoms with Crippen molar-refractivity contribution in [2.45, 2.75) is 40.0 Å². The maximum absolute atomic E-state index is 10.9. The van der Waals surface area contributed by atoms with Crippen molar-refractivity contribution in [3.05, 3.63) is 29.8 Å². The van der Waals surface area contributed by atoms with Crippen molar-refractivity contribution in [2.24, 2.45) is 0 Å². The number of para-hydroxylation sites is 1. The summed E-state index contributed by atoms with van der Waals surface area (Å²) in [5, 5.41) is 8.93. The molecule has 0 aromatic heterocycles. The van der Waals surface area contributed by atoms with Crippen LogP contribution in [0.5, 0.6) is 0 Å². The Morgan fingerprint density at radius 1 is 1.28 bits per heavy atom. The highest BCUT2D eigenvalue weighted by Gasteiger charge is 2.43. The fourth-order valence-corrected chi connectivity index (χ4v) is 2.29. The average Bonchev–Trinajstić information content (AvgIpc) is 2.54. The van der Waals surface area contributed by atoms with Gasteiger partial charge in [0.1, 0.15) is 0 Å². The molecule has 0 saturated carbocycles. The second kappa shape index (κ2) is 5.34. The Morgan fingerprint density at radius 2 is 1.83 bits per heavy atom. The lowest BCUT2D eigenvalue weighted by molar-refractivity contribution is -0.429. The van der Waals surface area contributed by atoms with E-state index in [1.807, 2.05) is 43.5 Å². The van der Waals surface area contributed by atoms with Crippen molar-refractivity contribution in [1.29, 1.82) is 0 Å². The first-order valence-corrected chi connectivity index (χ1v) is 6.37. The van der Waals surface area contributed by atoms with Crippen LogP contribution in [0.2, 0.25) is 0 Å². The molecule has 98 valence electrons. The quantitative estimate of drug-likeness (QED) is 0.816. The van der Waals surface area contributed by atoms with Crippen LogP contribution in [-0.2, 0) is 10.2 Å². The molecule has 1 heterocycles. The zero-order valence-electron chi connectivity index (χ0n) is 11.8. The van der Waals surface area contributed by atoms with Gasteiger partial charge in [0.05, 0.1) is 5.41 Å².